The summed E-state index contributed by atoms with van der Waals surface area (Å²) in [6, 6.07) is -0.826. The van der Waals surface area contributed by atoms with Gasteiger partial charge in [0.2, 0.25) is 11.8 Å². The largest absolute Gasteiger partial charge is 0.369 e. The third kappa shape index (κ3) is 2.91. The van der Waals surface area contributed by atoms with Gasteiger partial charge in [-0.25, -0.2) is 4.39 Å². The van der Waals surface area contributed by atoms with Crippen molar-refractivity contribution in [2.24, 2.45) is 11.1 Å². The summed E-state index contributed by atoms with van der Waals surface area (Å²) in [6.07, 6.45) is 1.58. The molecular weight excluding hydrogens is 363 g/mol. The first-order valence-corrected chi connectivity index (χ1v) is 9.27. The number of thiazole rings is 1. The molecule has 0 bridgehead atoms. The average molecular weight is 384 g/mol. The number of nitrogens with zero attached hydrogens (tertiary/aromatic N) is 2. The molecule has 26 heavy (non-hydrogen) atoms. The summed E-state index contributed by atoms with van der Waals surface area (Å²) in [5, 5.41) is 0. The Labute approximate surface area is 153 Å². The molecule has 2 fully saturated rings. The molecule has 1 aliphatic carbocycles. The van der Waals surface area contributed by atoms with Gasteiger partial charge in [0.1, 0.15) is 17.8 Å². The monoisotopic (exact) mass is 384 g/mol. The topological polar surface area (TPSA) is 117 Å². The number of nitrogens with two attached hydrogens (primary N) is 1. The van der Waals surface area contributed by atoms with Gasteiger partial charge in [0, 0.05) is 24.5 Å². The first-order chi connectivity index (χ1) is 12.3. The summed E-state index contributed by atoms with van der Waals surface area (Å²) in [5.41, 5.74) is 4.40. The molecular formula is C16H21FN4O4S. The van der Waals surface area contributed by atoms with Gasteiger partial charge < -0.3 is 20.5 Å². The molecule has 3 rings (SSSR count). The summed E-state index contributed by atoms with van der Waals surface area (Å²) < 4.78 is 13.6. The fourth-order valence-electron chi connectivity index (χ4n) is 3.59. The number of alkyl halides is 1. The van der Waals surface area contributed by atoms with Gasteiger partial charge in [0.15, 0.2) is 0 Å². The van der Waals surface area contributed by atoms with Crippen molar-refractivity contribution < 1.29 is 18.8 Å². The number of nitrogens with one attached hydrogen (secondary N) is 1. The van der Waals surface area contributed by atoms with Gasteiger partial charge in [-0.05, 0) is 19.8 Å². The van der Waals surface area contributed by atoms with E-state index in [1.54, 1.807) is 6.92 Å². The Morgan fingerprint density at radius 1 is 1.35 bits per heavy atom. The van der Waals surface area contributed by atoms with E-state index in [4.69, 9.17) is 5.73 Å². The van der Waals surface area contributed by atoms with Gasteiger partial charge in [-0.3, -0.25) is 19.2 Å². The van der Waals surface area contributed by atoms with Crippen LogP contribution in [0, 0.1) is 12.3 Å². The van der Waals surface area contributed by atoms with E-state index in [1.165, 1.54) is 9.80 Å². The van der Waals surface area contributed by atoms with Crippen molar-refractivity contribution in [2.75, 3.05) is 26.3 Å². The van der Waals surface area contributed by atoms with Crippen LogP contribution >= 0.6 is 11.3 Å². The zero-order valence-electron chi connectivity index (χ0n) is 14.4. The molecule has 1 aliphatic heterocycles. The van der Waals surface area contributed by atoms with Crippen molar-refractivity contribution in [2.45, 2.75) is 32.2 Å². The molecule has 3 amide bonds. The number of hydrogen-bond donors (Lipinski definition) is 2. The van der Waals surface area contributed by atoms with Crippen LogP contribution in [0.2, 0.25) is 0 Å². The molecule has 142 valence electrons. The normalized spacial score (nSPS) is 22.0. The third-order valence-electron chi connectivity index (χ3n) is 5.34. The van der Waals surface area contributed by atoms with E-state index in [0.29, 0.717) is 17.7 Å². The van der Waals surface area contributed by atoms with Crippen molar-refractivity contribution in [3.05, 3.63) is 20.2 Å². The SMILES string of the molecule is Cc1sc(=O)[nH]c1C(=O)N1CCN(C(=O)C2(C(N)=O)CCC2)CC1CF. The van der Waals surface area contributed by atoms with Crippen LogP contribution in [0.5, 0.6) is 0 Å². The molecule has 1 aromatic heterocycles. The van der Waals surface area contributed by atoms with Crippen molar-refractivity contribution in [1.29, 1.82) is 0 Å². The van der Waals surface area contributed by atoms with Crippen LogP contribution in [0.1, 0.15) is 34.6 Å². The highest BCUT2D eigenvalue weighted by Gasteiger charge is 2.52. The van der Waals surface area contributed by atoms with E-state index >= 15 is 0 Å². The van der Waals surface area contributed by atoms with Crippen LogP contribution in [0.25, 0.3) is 0 Å². The molecule has 1 unspecified atom stereocenters. The maximum absolute atomic E-state index is 13.6. The van der Waals surface area contributed by atoms with Gasteiger partial charge in [0.25, 0.3) is 5.91 Å². The summed E-state index contributed by atoms with van der Waals surface area (Å²) in [6.45, 7) is 1.15. The summed E-state index contributed by atoms with van der Waals surface area (Å²) in [5.74, 6) is -1.47. The van der Waals surface area contributed by atoms with Crippen LogP contribution in [-0.4, -0.2) is 64.9 Å². The summed E-state index contributed by atoms with van der Waals surface area (Å²) >= 11 is 0.925. The zero-order chi connectivity index (χ0) is 19.1. The van der Waals surface area contributed by atoms with Crippen molar-refractivity contribution in [3.63, 3.8) is 0 Å². The number of aromatic amines is 1. The highest BCUT2D eigenvalue weighted by Crippen LogP contribution is 2.42. The Morgan fingerprint density at radius 3 is 2.50 bits per heavy atom. The van der Waals surface area contributed by atoms with Crippen molar-refractivity contribution in [3.8, 4) is 0 Å². The van der Waals surface area contributed by atoms with Crippen LogP contribution in [-0.2, 0) is 9.59 Å². The van der Waals surface area contributed by atoms with Gasteiger partial charge in [-0.15, -0.1) is 0 Å². The van der Waals surface area contributed by atoms with Crippen LogP contribution < -0.4 is 10.6 Å². The number of carbonyl (C=O) groups is 3. The van der Waals surface area contributed by atoms with Crippen LogP contribution in [0.15, 0.2) is 4.79 Å². The predicted molar refractivity (Wildman–Crippen MR) is 92.5 cm³/mol. The molecule has 1 saturated carbocycles. The number of amides is 3. The zero-order valence-corrected chi connectivity index (χ0v) is 15.2. The molecule has 1 aromatic rings. The number of rotatable bonds is 4. The second kappa shape index (κ2) is 6.82. The number of piperazine rings is 1. The molecule has 0 radical (unpaired) electrons. The van der Waals surface area contributed by atoms with Crippen molar-refractivity contribution in [1.82, 2.24) is 14.8 Å². The second-order valence-electron chi connectivity index (χ2n) is 6.80. The van der Waals surface area contributed by atoms with Gasteiger partial charge >= 0.3 is 4.87 Å². The quantitative estimate of drug-likeness (QED) is 0.712. The van der Waals surface area contributed by atoms with E-state index in [9.17, 15) is 23.6 Å². The number of aryl methyl sites for hydroxylation is 1. The fraction of sp³-hybridized carbons (Fsp3) is 0.625. The van der Waals surface area contributed by atoms with E-state index in [2.05, 4.69) is 4.98 Å². The highest BCUT2D eigenvalue weighted by molar-refractivity contribution is 7.09. The molecule has 1 saturated heterocycles. The van der Waals surface area contributed by atoms with Crippen molar-refractivity contribution >= 4 is 29.1 Å². The number of halogens is 1. The summed E-state index contributed by atoms with van der Waals surface area (Å²) in [7, 11) is 0. The number of hydrogen-bond acceptors (Lipinski definition) is 5. The number of carbonyl (C=O) groups excluding carboxylic acids is 3. The lowest BCUT2D eigenvalue weighted by molar-refractivity contribution is -0.157. The Kier molecular flexibility index (Phi) is 4.87. The number of H-pyrrole nitrogens is 1. The third-order valence-corrected chi connectivity index (χ3v) is 6.13. The van der Waals surface area contributed by atoms with Gasteiger partial charge in [0.05, 0.1) is 6.04 Å². The molecule has 8 nitrogen and oxygen atoms in total. The maximum atomic E-state index is 13.6. The van der Waals surface area contributed by atoms with E-state index in [-0.39, 0.29) is 36.1 Å². The lowest BCUT2D eigenvalue weighted by Crippen LogP contribution is -2.62. The Hall–Kier alpha value is -2.23. The summed E-state index contributed by atoms with van der Waals surface area (Å²) in [4.78, 5) is 54.1. The second-order valence-corrected chi connectivity index (χ2v) is 7.99. The smallest absolute Gasteiger partial charge is 0.305 e. The standard InChI is InChI=1S/C16H21FN4O4S/c1-9-11(19-15(25)26-9)12(22)21-6-5-20(8-10(21)7-17)14(24)16(13(18)23)3-2-4-16/h10H,2-8H2,1H3,(H2,18,23)(H,19,25). The minimum absolute atomic E-state index is 0.00349. The molecule has 3 N–H and O–H groups in total. The first kappa shape index (κ1) is 18.6. The van der Waals surface area contributed by atoms with Crippen LogP contribution in [0.4, 0.5) is 4.39 Å². The molecule has 10 heteroatoms. The molecule has 2 aliphatic rings. The van der Waals surface area contributed by atoms with E-state index in [1.807, 2.05) is 0 Å². The van der Waals surface area contributed by atoms with Crippen LogP contribution in [0.3, 0.4) is 0 Å². The minimum Gasteiger partial charge on any atom is -0.369 e. The maximum Gasteiger partial charge on any atom is 0.305 e. The Morgan fingerprint density at radius 2 is 2.04 bits per heavy atom. The predicted octanol–water partition coefficient (Wildman–Crippen LogP) is 0.0229. The number of aromatic nitrogens is 1. The molecule has 1 atom stereocenters. The van der Waals surface area contributed by atoms with E-state index < -0.39 is 29.9 Å². The Balaban J connectivity index is 1.76. The molecule has 2 heterocycles. The van der Waals surface area contributed by atoms with Gasteiger partial charge in [-0.1, -0.05) is 17.8 Å². The minimum atomic E-state index is -1.18. The lowest BCUT2D eigenvalue weighted by Gasteiger charge is -2.45. The average Bonchev–Trinajstić information content (AvgIpc) is 2.90. The molecule has 0 spiro atoms. The fourth-order valence-corrected chi connectivity index (χ4v) is 4.26. The highest BCUT2D eigenvalue weighted by atomic mass is 32.1. The Bertz CT molecular complexity index is 800. The number of primary amides is 1. The lowest BCUT2D eigenvalue weighted by atomic mass is 9.67. The van der Waals surface area contributed by atoms with E-state index in [0.717, 1.165) is 17.8 Å². The first-order valence-electron chi connectivity index (χ1n) is 8.46. The van der Waals surface area contributed by atoms with Gasteiger partial charge in [-0.2, -0.15) is 0 Å². The molecule has 0 aromatic carbocycles.